The number of amides is 1. The van der Waals surface area contributed by atoms with Gasteiger partial charge in [0.25, 0.3) is 0 Å². The standard InChI is InChI=1S/C16H24N2O3.ClH/c1-11-5-7-12(8-6-11)15-14(4-3-9-21-15)18-16(19)13(17)10-20-2;/h5-8,13-15H,3-4,9-10,17H2,1-2H3,(H,18,19);1H. The van der Waals surface area contributed by atoms with Crippen LogP contribution in [-0.4, -0.2) is 38.3 Å². The SMILES string of the molecule is COCC(N)C(=O)NC1CCCOC1c1ccc(C)cc1.Cl. The quantitative estimate of drug-likeness (QED) is 0.863. The van der Waals surface area contributed by atoms with Crippen LogP contribution in [0.3, 0.4) is 0 Å². The molecule has 1 heterocycles. The molecule has 0 aromatic heterocycles. The molecular weight excluding hydrogens is 304 g/mol. The Hall–Kier alpha value is -1.14. The number of hydrogen-bond donors (Lipinski definition) is 2. The van der Waals surface area contributed by atoms with E-state index < -0.39 is 6.04 Å². The predicted octanol–water partition coefficient (Wildman–Crippen LogP) is 1.73. The van der Waals surface area contributed by atoms with Crippen LogP contribution >= 0.6 is 12.4 Å². The molecule has 3 atom stereocenters. The lowest BCUT2D eigenvalue weighted by atomic mass is 9.95. The molecule has 1 amide bonds. The first-order chi connectivity index (χ1) is 10.1. The van der Waals surface area contributed by atoms with E-state index in [1.54, 1.807) is 0 Å². The summed E-state index contributed by atoms with van der Waals surface area (Å²) in [5, 5.41) is 3.00. The minimum Gasteiger partial charge on any atom is -0.383 e. The first-order valence-electron chi connectivity index (χ1n) is 7.35. The Kier molecular flexibility index (Phi) is 7.82. The lowest BCUT2D eigenvalue weighted by Crippen LogP contribution is -2.50. The Labute approximate surface area is 138 Å². The maximum absolute atomic E-state index is 12.1. The summed E-state index contributed by atoms with van der Waals surface area (Å²) in [7, 11) is 1.53. The number of nitrogens with two attached hydrogens (primary N) is 1. The summed E-state index contributed by atoms with van der Waals surface area (Å²) in [6.07, 6.45) is 1.72. The van der Waals surface area contributed by atoms with Crippen LogP contribution in [0.2, 0.25) is 0 Å². The number of nitrogens with one attached hydrogen (secondary N) is 1. The summed E-state index contributed by atoms with van der Waals surface area (Å²) in [5.41, 5.74) is 8.07. The van der Waals surface area contributed by atoms with Gasteiger partial charge in [0.2, 0.25) is 5.91 Å². The van der Waals surface area contributed by atoms with Crippen molar-refractivity contribution in [3.63, 3.8) is 0 Å². The molecule has 124 valence electrons. The number of ether oxygens (including phenoxy) is 2. The summed E-state index contributed by atoms with van der Waals surface area (Å²) in [4.78, 5) is 12.1. The zero-order valence-corrected chi connectivity index (χ0v) is 13.9. The lowest BCUT2D eigenvalue weighted by molar-refractivity contribution is -0.126. The van der Waals surface area contributed by atoms with Gasteiger partial charge in [-0.1, -0.05) is 29.8 Å². The maximum Gasteiger partial charge on any atom is 0.239 e. The average molecular weight is 329 g/mol. The number of aryl methyl sites for hydroxylation is 1. The third kappa shape index (κ3) is 4.95. The lowest BCUT2D eigenvalue weighted by Gasteiger charge is -2.33. The number of methoxy groups -OCH3 is 1. The second-order valence-electron chi connectivity index (χ2n) is 5.52. The number of carbonyl (C=O) groups is 1. The van der Waals surface area contributed by atoms with E-state index in [0.717, 1.165) is 25.0 Å². The van der Waals surface area contributed by atoms with Gasteiger partial charge in [0, 0.05) is 13.7 Å². The highest BCUT2D eigenvalue weighted by atomic mass is 35.5. The van der Waals surface area contributed by atoms with E-state index in [4.69, 9.17) is 15.2 Å². The van der Waals surface area contributed by atoms with Crippen molar-refractivity contribution in [3.8, 4) is 0 Å². The molecule has 6 heteroatoms. The van der Waals surface area contributed by atoms with Gasteiger partial charge in [-0.25, -0.2) is 0 Å². The summed E-state index contributed by atoms with van der Waals surface area (Å²) in [6, 6.07) is 7.54. The zero-order chi connectivity index (χ0) is 15.2. The van der Waals surface area contributed by atoms with Gasteiger partial charge in [0.1, 0.15) is 12.1 Å². The molecule has 1 saturated heterocycles. The largest absolute Gasteiger partial charge is 0.383 e. The third-order valence-electron chi connectivity index (χ3n) is 3.74. The van der Waals surface area contributed by atoms with Crippen molar-refractivity contribution < 1.29 is 14.3 Å². The van der Waals surface area contributed by atoms with E-state index in [-0.39, 0.29) is 37.1 Å². The molecule has 5 nitrogen and oxygen atoms in total. The van der Waals surface area contributed by atoms with E-state index >= 15 is 0 Å². The number of halogens is 1. The van der Waals surface area contributed by atoms with Crippen molar-refractivity contribution >= 4 is 18.3 Å². The van der Waals surface area contributed by atoms with Crippen molar-refractivity contribution in [3.05, 3.63) is 35.4 Å². The summed E-state index contributed by atoms with van der Waals surface area (Å²) in [6.45, 7) is 2.98. The van der Waals surface area contributed by atoms with E-state index in [1.165, 1.54) is 12.7 Å². The molecule has 0 spiro atoms. The minimum absolute atomic E-state index is 0. The molecule has 22 heavy (non-hydrogen) atoms. The minimum atomic E-state index is -0.643. The molecule has 1 aliphatic heterocycles. The molecule has 1 aromatic carbocycles. The monoisotopic (exact) mass is 328 g/mol. The molecule has 1 aliphatic rings. The zero-order valence-electron chi connectivity index (χ0n) is 13.1. The first kappa shape index (κ1) is 18.9. The van der Waals surface area contributed by atoms with Crippen molar-refractivity contribution in [2.45, 2.75) is 38.0 Å². The molecule has 3 unspecified atom stereocenters. The second kappa shape index (κ2) is 9.10. The Morgan fingerprint density at radius 3 is 2.77 bits per heavy atom. The van der Waals surface area contributed by atoms with E-state index in [0.29, 0.717) is 0 Å². The highest BCUT2D eigenvalue weighted by Crippen LogP contribution is 2.28. The van der Waals surface area contributed by atoms with Crippen molar-refractivity contribution in [1.82, 2.24) is 5.32 Å². The Bertz CT molecular complexity index is 467. The Morgan fingerprint density at radius 1 is 1.45 bits per heavy atom. The van der Waals surface area contributed by atoms with Gasteiger partial charge in [-0.05, 0) is 25.3 Å². The molecule has 0 bridgehead atoms. The normalized spacial score (nSPS) is 22.5. The molecule has 0 saturated carbocycles. The molecular formula is C16H25ClN2O3. The smallest absolute Gasteiger partial charge is 0.239 e. The first-order valence-corrected chi connectivity index (χ1v) is 7.35. The van der Waals surface area contributed by atoms with E-state index in [2.05, 4.69) is 36.5 Å². The summed E-state index contributed by atoms with van der Waals surface area (Å²) >= 11 is 0. The highest BCUT2D eigenvalue weighted by molar-refractivity contribution is 5.85. The average Bonchev–Trinajstić information content (AvgIpc) is 2.49. The van der Waals surface area contributed by atoms with Crippen molar-refractivity contribution in [2.75, 3.05) is 20.3 Å². The van der Waals surface area contributed by atoms with Crippen molar-refractivity contribution in [2.24, 2.45) is 5.73 Å². The number of benzene rings is 1. The van der Waals surface area contributed by atoms with Crippen LogP contribution in [0, 0.1) is 6.92 Å². The molecule has 1 aromatic rings. The van der Waals surface area contributed by atoms with Crippen LogP contribution < -0.4 is 11.1 Å². The van der Waals surface area contributed by atoms with Crippen LogP contribution in [-0.2, 0) is 14.3 Å². The fourth-order valence-corrected chi connectivity index (χ4v) is 2.56. The third-order valence-corrected chi connectivity index (χ3v) is 3.74. The van der Waals surface area contributed by atoms with Crippen LogP contribution in [0.5, 0.6) is 0 Å². The maximum atomic E-state index is 12.1. The fourth-order valence-electron chi connectivity index (χ4n) is 2.56. The number of rotatable bonds is 5. The Morgan fingerprint density at radius 2 is 2.14 bits per heavy atom. The van der Waals surface area contributed by atoms with E-state index in [1.807, 2.05) is 0 Å². The van der Waals surface area contributed by atoms with Gasteiger partial charge >= 0.3 is 0 Å². The number of hydrogen-bond acceptors (Lipinski definition) is 4. The van der Waals surface area contributed by atoms with Crippen LogP contribution in [0.4, 0.5) is 0 Å². The fraction of sp³-hybridized carbons (Fsp3) is 0.562. The van der Waals surface area contributed by atoms with Crippen LogP contribution in [0.1, 0.15) is 30.1 Å². The topological polar surface area (TPSA) is 73.6 Å². The van der Waals surface area contributed by atoms with Crippen LogP contribution in [0.25, 0.3) is 0 Å². The summed E-state index contributed by atoms with van der Waals surface area (Å²) < 4.78 is 10.8. The molecule has 1 fully saturated rings. The highest BCUT2D eigenvalue weighted by Gasteiger charge is 2.29. The Balaban J connectivity index is 0.00000242. The molecule has 2 rings (SSSR count). The van der Waals surface area contributed by atoms with Gasteiger partial charge in [-0.2, -0.15) is 0 Å². The van der Waals surface area contributed by atoms with Gasteiger partial charge < -0.3 is 20.5 Å². The van der Waals surface area contributed by atoms with Crippen LogP contribution in [0.15, 0.2) is 24.3 Å². The van der Waals surface area contributed by atoms with Crippen molar-refractivity contribution in [1.29, 1.82) is 0 Å². The van der Waals surface area contributed by atoms with Gasteiger partial charge in [0.15, 0.2) is 0 Å². The molecule has 3 N–H and O–H groups in total. The predicted molar refractivity (Wildman–Crippen MR) is 88.1 cm³/mol. The second-order valence-corrected chi connectivity index (χ2v) is 5.52. The summed E-state index contributed by atoms with van der Waals surface area (Å²) in [5.74, 6) is -0.190. The van der Waals surface area contributed by atoms with Gasteiger partial charge in [0.05, 0.1) is 12.6 Å². The molecule has 0 radical (unpaired) electrons. The molecule has 0 aliphatic carbocycles. The van der Waals surface area contributed by atoms with Gasteiger partial charge in [-0.3, -0.25) is 4.79 Å². The number of carbonyl (C=O) groups excluding carboxylic acids is 1. The van der Waals surface area contributed by atoms with E-state index in [9.17, 15) is 4.79 Å². The van der Waals surface area contributed by atoms with Gasteiger partial charge in [-0.15, -0.1) is 12.4 Å².